The van der Waals surface area contributed by atoms with Crippen LogP contribution in [0.2, 0.25) is 0 Å². The third-order valence-corrected chi connectivity index (χ3v) is 2.96. The minimum Gasteiger partial charge on any atom is -0.478 e. The number of benzene rings is 1. The molecule has 1 aromatic rings. The Morgan fingerprint density at radius 1 is 1.19 bits per heavy atom. The summed E-state index contributed by atoms with van der Waals surface area (Å²) in [6.07, 6.45) is 0.994. The molecule has 0 radical (unpaired) electrons. The zero-order valence-electron chi connectivity index (χ0n) is 12.8. The molecule has 1 rings (SSSR count). The van der Waals surface area contributed by atoms with E-state index in [1.807, 2.05) is 0 Å². The van der Waals surface area contributed by atoms with Gasteiger partial charge in [0.2, 0.25) is 0 Å². The number of carbonyl (C=O) groups excluding carboxylic acids is 1. The van der Waals surface area contributed by atoms with Crippen LogP contribution < -0.4 is 5.32 Å². The van der Waals surface area contributed by atoms with Crippen molar-refractivity contribution in [3.63, 3.8) is 0 Å². The fourth-order valence-corrected chi connectivity index (χ4v) is 1.80. The first-order valence-electron chi connectivity index (χ1n) is 7.11. The topological polar surface area (TPSA) is 75.6 Å². The van der Waals surface area contributed by atoms with Crippen molar-refractivity contribution in [1.82, 2.24) is 5.32 Å². The molecule has 116 valence electrons. The zero-order valence-corrected chi connectivity index (χ0v) is 12.8. The van der Waals surface area contributed by atoms with Gasteiger partial charge in [-0.1, -0.05) is 13.8 Å². The zero-order chi connectivity index (χ0) is 15.8. The van der Waals surface area contributed by atoms with Crippen LogP contribution in [0.25, 0.3) is 0 Å². The Kier molecular flexibility index (Phi) is 6.88. The smallest absolute Gasteiger partial charge is 0.335 e. The summed E-state index contributed by atoms with van der Waals surface area (Å²) >= 11 is 0. The first-order valence-corrected chi connectivity index (χ1v) is 7.11. The Balaban J connectivity index is 2.43. The van der Waals surface area contributed by atoms with Crippen LogP contribution >= 0.6 is 0 Å². The molecule has 5 nitrogen and oxygen atoms in total. The Morgan fingerprint density at radius 2 is 1.86 bits per heavy atom. The van der Waals surface area contributed by atoms with Gasteiger partial charge < -0.3 is 15.2 Å². The van der Waals surface area contributed by atoms with E-state index in [9.17, 15) is 9.59 Å². The number of carboxylic acid groups (broad SMARTS) is 1. The van der Waals surface area contributed by atoms with Gasteiger partial charge in [0.1, 0.15) is 0 Å². The number of ether oxygens (including phenoxy) is 1. The van der Waals surface area contributed by atoms with E-state index in [1.165, 1.54) is 12.1 Å². The molecule has 1 amide bonds. The van der Waals surface area contributed by atoms with Gasteiger partial charge in [-0.05, 0) is 43.0 Å². The molecular weight excluding hydrogens is 270 g/mol. The normalized spacial score (nSPS) is 10.7. The van der Waals surface area contributed by atoms with Crippen molar-refractivity contribution >= 4 is 11.9 Å². The van der Waals surface area contributed by atoms with Gasteiger partial charge in [-0.3, -0.25) is 4.79 Å². The second-order valence-corrected chi connectivity index (χ2v) is 5.44. The number of hydrogen-bond acceptors (Lipinski definition) is 3. The highest BCUT2D eigenvalue weighted by Crippen LogP contribution is 2.10. The first-order chi connectivity index (χ1) is 9.90. The highest BCUT2D eigenvalue weighted by Gasteiger charge is 2.10. The first kappa shape index (κ1) is 17.2. The highest BCUT2D eigenvalue weighted by atomic mass is 16.5. The Bertz CT molecular complexity index is 497. The standard InChI is InChI=1S/C16H23NO4/c1-11(2)4-6-21-7-5-17-15(18)13-8-12(3)9-14(10-13)16(19)20/h8-11H,4-7H2,1-3H3,(H,17,18)(H,19,20). The van der Waals surface area contributed by atoms with Crippen molar-refractivity contribution in [3.05, 3.63) is 34.9 Å². The third kappa shape index (κ3) is 6.40. The Morgan fingerprint density at radius 3 is 2.48 bits per heavy atom. The molecule has 0 heterocycles. The van der Waals surface area contributed by atoms with Crippen LogP contribution in [0, 0.1) is 12.8 Å². The van der Waals surface area contributed by atoms with Crippen LogP contribution in [0.15, 0.2) is 18.2 Å². The predicted octanol–water partition coefficient (Wildman–Crippen LogP) is 2.49. The molecule has 0 aliphatic heterocycles. The quantitative estimate of drug-likeness (QED) is 0.722. The molecule has 0 unspecified atom stereocenters. The molecule has 1 aromatic carbocycles. The van der Waals surface area contributed by atoms with Crippen LogP contribution in [-0.4, -0.2) is 36.7 Å². The van der Waals surface area contributed by atoms with Crippen LogP contribution in [0.3, 0.4) is 0 Å². The van der Waals surface area contributed by atoms with Gasteiger partial charge in [0.05, 0.1) is 12.2 Å². The van der Waals surface area contributed by atoms with Crippen molar-refractivity contribution in [3.8, 4) is 0 Å². The lowest BCUT2D eigenvalue weighted by atomic mass is 10.1. The van der Waals surface area contributed by atoms with E-state index in [1.54, 1.807) is 13.0 Å². The minimum atomic E-state index is -1.04. The molecule has 0 fully saturated rings. The highest BCUT2D eigenvalue weighted by molar-refractivity contribution is 5.97. The monoisotopic (exact) mass is 293 g/mol. The predicted molar refractivity (Wildman–Crippen MR) is 80.7 cm³/mol. The molecular formula is C16H23NO4. The van der Waals surface area contributed by atoms with E-state index in [0.29, 0.717) is 31.2 Å². The summed E-state index contributed by atoms with van der Waals surface area (Å²) in [5.41, 5.74) is 1.22. The Hall–Kier alpha value is -1.88. The lowest BCUT2D eigenvalue weighted by Crippen LogP contribution is -2.27. The molecule has 2 N–H and O–H groups in total. The van der Waals surface area contributed by atoms with Crippen molar-refractivity contribution in [2.45, 2.75) is 27.2 Å². The molecule has 0 saturated heterocycles. The maximum Gasteiger partial charge on any atom is 0.335 e. The van der Waals surface area contributed by atoms with Crippen molar-refractivity contribution < 1.29 is 19.4 Å². The van der Waals surface area contributed by atoms with Gasteiger partial charge in [-0.25, -0.2) is 4.79 Å². The van der Waals surface area contributed by atoms with Crippen molar-refractivity contribution in [2.75, 3.05) is 19.8 Å². The molecule has 0 aliphatic rings. The molecule has 0 spiro atoms. The molecule has 21 heavy (non-hydrogen) atoms. The largest absolute Gasteiger partial charge is 0.478 e. The van der Waals surface area contributed by atoms with Gasteiger partial charge in [0, 0.05) is 18.7 Å². The van der Waals surface area contributed by atoms with Gasteiger partial charge in [-0.15, -0.1) is 0 Å². The molecule has 0 bridgehead atoms. The average Bonchev–Trinajstić information content (AvgIpc) is 2.41. The number of amides is 1. The summed E-state index contributed by atoms with van der Waals surface area (Å²) in [6, 6.07) is 4.58. The maximum atomic E-state index is 12.0. The van der Waals surface area contributed by atoms with Crippen LogP contribution in [0.4, 0.5) is 0 Å². The summed E-state index contributed by atoms with van der Waals surface area (Å²) in [6.45, 7) is 7.56. The second-order valence-electron chi connectivity index (χ2n) is 5.44. The van der Waals surface area contributed by atoms with Crippen molar-refractivity contribution in [2.24, 2.45) is 5.92 Å². The number of aryl methyl sites for hydroxylation is 1. The summed E-state index contributed by atoms with van der Waals surface area (Å²) < 4.78 is 5.41. The van der Waals surface area contributed by atoms with E-state index in [-0.39, 0.29) is 11.5 Å². The summed E-state index contributed by atoms with van der Waals surface area (Å²) in [5.74, 6) is -0.722. The van der Waals surface area contributed by atoms with Gasteiger partial charge in [-0.2, -0.15) is 0 Å². The van der Waals surface area contributed by atoms with Gasteiger partial charge in [0.25, 0.3) is 5.91 Å². The average molecular weight is 293 g/mol. The lowest BCUT2D eigenvalue weighted by molar-refractivity contribution is 0.0696. The van der Waals surface area contributed by atoms with Crippen molar-refractivity contribution in [1.29, 1.82) is 0 Å². The second kappa shape index (κ2) is 8.42. The molecule has 0 saturated carbocycles. The fourth-order valence-electron chi connectivity index (χ4n) is 1.80. The van der Waals surface area contributed by atoms with Gasteiger partial charge >= 0.3 is 5.97 Å². The number of carboxylic acids is 1. The summed E-state index contributed by atoms with van der Waals surface area (Å²) in [4.78, 5) is 22.9. The molecule has 0 atom stereocenters. The van der Waals surface area contributed by atoms with Crippen LogP contribution in [-0.2, 0) is 4.74 Å². The molecule has 0 aliphatic carbocycles. The van der Waals surface area contributed by atoms with E-state index in [4.69, 9.17) is 9.84 Å². The Labute approximate surface area is 125 Å². The van der Waals surface area contributed by atoms with E-state index >= 15 is 0 Å². The molecule has 5 heteroatoms. The number of rotatable bonds is 8. The number of hydrogen-bond donors (Lipinski definition) is 2. The van der Waals surface area contributed by atoms with E-state index < -0.39 is 5.97 Å². The lowest BCUT2D eigenvalue weighted by Gasteiger charge is -2.09. The number of nitrogens with one attached hydrogen (secondary N) is 1. The summed E-state index contributed by atoms with van der Waals surface area (Å²) in [5, 5.41) is 11.7. The van der Waals surface area contributed by atoms with E-state index in [0.717, 1.165) is 12.0 Å². The number of aromatic carboxylic acids is 1. The third-order valence-electron chi connectivity index (χ3n) is 2.96. The molecule has 0 aromatic heterocycles. The van der Waals surface area contributed by atoms with Gasteiger partial charge in [0.15, 0.2) is 0 Å². The van der Waals surface area contributed by atoms with E-state index in [2.05, 4.69) is 19.2 Å². The van der Waals surface area contributed by atoms with Crippen LogP contribution in [0.5, 0.6) is 0 Å². The SMILES string of the molecule is Cc1cc(C(=O)O)cc(C(=O)NCCOCCC(C)C)c1. The van der Waals surface area contributed by atoms with Crippen LogP contribution in [0.1, 0.15) is 46.5 Å². The summed E-state index contributed by atoms with van der Waals surface area (Å²) in [7, 11) is 0. The fraction of sp³-hybridized carbons (Fsp3) is 0.500. The maximum absolute atomic E-state index is 12.0. The minimum absolute atomic E-state index is 0.119. The number of carbonyl (C=O) groups is 2.